The summed E-state index contributed by atoms with van der Waals surface area (Å²) in [6.07, 6.45) is 3.58. The van der Waals surface area contributed by atoms with E-state index in [2.05, 4.69) is 4.98 Å². The fraction of sp³-hybridized carbons (Fsp3) is 0.500. The maximum atomic E-state index is 12.0. The second kappa shape index (κ2) is 4.61. The first-order valence-electron chi connectivity index (χ1n) is 5.79. The number of hydrogen-bond donors (Lipinski definition) is 1. The molecule has 1 atom stereocenters. The predicted molar refractivity (Wildman–Crippen MR) is 67.7 cm³/mol. The summed E-state index contributed by atoms with van der Waals surface area (Å²) in [5.41, 5.74) is 6.42. The van der Waals surface area contributed by atoms with Crippen molar-refractivity contribution in [2.45, 2.75) is 18.9 Å². The Balaban J connectivity index is 2.23. The van der Waals surface area contributed by atoms with Gasteiger partial charge in [-0.3, -0.25) is 4.79 Å². The number of nitrogen functional groups attached to an aromatic ring is 1. The van der Waals surface area contributed by atoms with Crippen LogP contribution >= 0.6 is 0 Å². The molecule has 1 unspecified atom stereocenters. The van der Waals surface area contributed by atoms with Crippen LogP contribution in [0.4, 0.5) is 11.5 Å². The minimum absolute atomic E-state index is 0.0979. The Bertz CT molecular complexity index is 419. The highest BCUT2D eigenvalue weighted by Crippen LogP contribution is 2.25. The quantitative estimate of drug-likeness (QED) is 0.819. The average Bonchev–Trinajstić information content (AvgIpc) is 2.76. The SMILES string of the molecule is CN(C)C(=O)C1CCCN1c1cc(N)ccn1. The molecule has 2 heterocycles. The number of amides is 1. The number of pyridine rings is 1. The highest BCUT2D eigenvalue weighted by Gasteiger charge is 2.32. The van der Waals surface area contributed by atoms with E-state index < -0.39 is 0 Å². The molecule has 2 rings (SSSR count). The number of nitrogens with zero attached hydrogens (tertiary/aromatic N) is 3. The van der Waals surface area contributed by atoms with Crippen LogP contribution in [0.2, 0.25) is 0 Å². The summed E-state index contributed by atoms with van der Waals surface area (Å²) in [5, 5.41) is 0. The first kappa shape index (κ1) is 11.7. The van der Waals surface area contributed by atoms with Gasteiger partial charge in [0, 0.05) is 38.6 Å². The van der Waals surface area contributed by atoms with Crippen LogP contribution in [0.25, 0.3) is 0 Å². The highest BCUT2D eigenvalue weighted by atomic mass is 16.2. The summed E-state index contributed by atoms with van der Waals surface area (Å²) in [7, 11) is 3.57. The fourth-order valence-electron chi connectivity index (χ4n) is 2.19. The molecule has 1 aliphatic heterocycles. The molecule has 0 bridgehead atoms. The van der Waals surface area contributed by atoms with Gasteiger partial charge in [0.05, 0.1) is 0 Å². The summed E-state index contributed by atoms with van der Waals surface area (Å²) in [4.78, 5) is 20.0. The number of likely N-dealkylation sites (N-methyl/N-ethyl adjacent to an activating group) is 1. The molecule has 0 aromatic carbocycles. The van der Waals surface area contributed by atoms with Crippen LogP contribution in [0.5, 0.6) is 0 Å². The first-order valence-corrected chi connectivity index (χ1v) is 5.79. The molecule has 1 aromatic heterocycles. The molecular weight excluding hydrogens is 216 g/mol. The molecule has 1 aliphatic rings. The number of hydrogen-bond acceptors (Lipinski definition) is 4. The highest BCUT2D eigenvalue weighted by molar-refractivity contribution is 5.85. The lowest BCUT2D eigenvalue weighted by molar-refractivity contribution is -0.129. The van der Waals surface area contributed by atoms with Gasteiger partial charge in [0.1, 0.15) is 11.9 Å². The molecule has 1 amide bonds. The Morgan fingerprint density at radius 2 is 2.35 bits per heavy atom. The normalized spacial score (nSPS) is 19.4. The van der Waals surface area contributed by atoms with E-state index in [1.807, 2.05) is 11.0 Å². The lowest BCUT2D eigenvalue weighted by atomic mass is 10.2. The van der Waals surface area contributed by atoms with Crippen LogP contribution < -0.4 is 10.6 Å². The van der Waals surface area contributed by atoms with Gasteiger partial charge in [-0.25, -0.2) is 4.98 Å². The van der Waals surface area contributed by atoms with Crippen LogP contribution in [0.1, 0.15) is 12.8 Å². The molecule has 1 fully saturated rings. The van der Waals surface area contributed by atoms with Crippen LogP contribution in [-0.4, -0.2) is 42.5 Å². The van der Waals surface area contributed by atoms with E-state index in [4.69, 9.17) is 5.73 Å². The largest absolute Gasteiger partial charge is 0.399 e. The standard InChI is InChI=1S/C12H18N4O/c1-15(2)12(17)10-4-3-7-16(10)11-8-9(13)5-6-14-11/h5-6,8,10H,3-4,7H2,1-2H3,(H2,13,14). The summed E-state index contributed by atoms with van der Waals surface area (Å²) in [5.74, 6) is 0.925. The van der Waals surface area contributed by atoms with Gasteiger partial charge in [0.25, 0.3) is 0 Å². The number of rotatable bonds is 2. The van der Waals surface area contributed by atoms with E-state index in [0.29, 0.717) is 5.69 Å². The summed E-state index contributed by atoms with van der Waals surface area (Å²) >= 11 is 0. The molecule has 1 saturated heterocycles. The third-order valence-corrected chi connectivity index (χ3v) is 3.04. The summed E-state index contributed by atoms with van der Waals surface area (Å²) in [6.45, 7) is 0.862. The molecular formula is C12H18N4O. The van der Waals surface area contributed by atoms with Crippen LogP contribution in [0, 0.1) is 0 Å². The van der Waals surface area contributed by atoms with Crippen molar-refractivity contribution in [3.05, 3.63) is 18.3 Å². The van der Waals surface area contributed by atoms with E-state index in [9.17, 15) is 4.79 Å². The zero-order chi connectivity index (χ0) is 12.4. The van der Waals surface area contributed by atoms with Crippen molar-refractivity contribution < 1.29 is 4.79 Å². The smallest absolute Gasteiger partial charge is 0.244 e. The molecule has 0 saturated carbocycles. The Morgan fingerprint density at radius 3 is 3.00 bits per heavy atom. The van der Waals surface area contributed by atoms with Crippen molar-refractivity contribution >= 4 is 17.4 Å². The van der Waals surface area contributed by atoms with Gasteiger partial charge in [0.2, 0.25) is 5.91 Å². The minimum Gasteiger partial charge on any atom is -0.399 e. The van der Waals surface area contributed by atoms with Gasteiger partial charge in [-0.2, -0.15) is 0 Å². The van der Waals surface area contributed by atoms with Gasteiger partial charge in [-0.05, 0) is 18.9 Å². The van der Waals surface area contributed by atoms with Gasteiger partial charge in [-0.1, -0.05) is 0 Å². The maximum Gasteiger partial charge on any atom is 0.244 e. The lowest BCUT2D eigenvalue weighted by Crippen LogP contribution is -2.43. The van der Waals surface area contributed by atoms with Crippen molar-refractivity contribution in [2.24, 2.45) is 0 Å². The van der Waals surface area contributed by atoms with Crippen LogP contribution in [0.3, 0.4) is 0 Å². The molecule has 0 spiro atoms. The van der Waals surface area contributed by atoms with Crippen LogP contribution in [0.15, 0.2) is 18.3 Å². The molecule has 2 N–H and O–H groups in total. The van der Waals surface area contributed by atoms with Crippen molar-refractivity contribution in [2.75, 3.05) is 31.3 Å². The van der Waals surface area contributed by atoms with Gasteiger partial charge >= 0.3 is 0 Å². The molecule has 0 radical (unpaired) electrons. The first-order chi connectivity index (χ1) is 8.09. The Hall–Kier alpha value is -1.78. The monoisotopic (exact) mass is 234 g/mol. The number of aromatic nitrogens is 1. The zero-order valence-corrected chi connectivity index (χ0v) is 10.3. The van der Waals surface area contributed by atoms with Gasteiger partial charge in [0.15, 0.2) is 0 Å². The predicted octanol–water partition coefficient (Wildman–Crippen LogP) is 0.721. The van der Waals surface area contributed by atoms with Gasteiger partial charge in [-0.15, -0.1) is 0 Å². The molecule has 17 heavy (non-hydrogen) atoms. The van der Waals surface area contributed by atoms with E-state index in [1.165, 1.54) is 0 Å². The fourth-order valence-corrected chi connectivity index (χ4v) is 2.19. The third kappa shape index (κ3) is 2.33. The molecule has 5 heteroatoms. The lowest BCUT2D eigenvalue weighted by Gasteiger charge is -2.27. The molecule has 1 aromatic rings. The molecule has 0 aliphatic carbocycles. The van der Waals surface area contributed by atoms with Gasteiger partial charge < -0.3 is 15.5 Å². The minimum atomic E-state index is -0.0979. The van der Waals surface area contributed by atoms with Crippen molar-refractivity contribution in [1.29, 1.82) is 0 Å². The van der Waals surface area contributed by atoms with E-state index >= 15 is 0 Å². The Kier molecular flexibility index (Phi) is 3.17. The second-order valence-electron chi connectivity index (χ2n) is 4.53. The number of carbonyl (C=O) groups excluding carboxylic acids is 1. The van der Waals surface area contributed by atoms with E-state index in [-0.39, 0.29) is 11.9 Å². The van der Waals surface area contributed by atoms with Crippen LogP contribution in [-0.2, 0) is 4.79 Å². The number of nitrogens with two attached hydrogens (primary N) is 1. The Labute approximate surface area is 101 Å². The number of anilines is 2. The van der Waals surface area contributed by atoms with E-state index in [0.717, 1.165) is 25.2 Å². The average molecular weight is 234 g/mol. The topological polar surface area (TPSA) is 62.5 Å². The molecule has 92 valence electrons. The second-order valence-corrected chi connectivity index (χ2v) is 4.53. The number of carbonyl (C=O) groups is 1. The zero-order valence-electron chi connectivity index (χ0n) is 10.3. The third-order valence-electron chi connectivity index (χ3n) is 3.04. The summed E-state index contributed by atoms with van der Waals surface area (Å²) < 4.78 is 0. The maximum absolute atomic E-state index is 12.0. The van der Waals surface area contributed by atoms with Crippen molar-refractivity contribution in [3.8, 4) is 0 Å². The van der Waals surface area contributed by atoms with E-state index in [1.54, 1.807) is 31.3 Å². The van der Waals surface area contributed by atoms with Crippen molar-refractivity contribution in [1.82, 2.24) is 9.88 Å². The summed E-state index contributed by atoms with van der Waals surface area (Å²) in [6, 6.07) is 3.48. The molecule has 5 nitrogen and oxygen atoms in total. The van der Waals surface area contributed by atoms with Crippen molar-refractivity contribution in [3.63, 3.8) is 0 Å². The Morgan fingerprint density at radius 1 is 1.59 bits per heavy atom.